The molecule has 1 heteroatoms. The molecule has 2 rings (SSSR count). The van der Waals surface area contributed by atoms with Crippen LogP contribution in [0.3, 0.4) is 0 Å². The fourth-order valence-electron chi connectivity index (χ4n) is 4.00. The monoisotopic (exact) mass is 251 g/mol. The Balaban J connectivity index is 1.82. The Labute approximate surface area is 114 Å². The molecule has 0 amide bonds. The minimum Gasteiger partial charge on any atom is -0.311 e. The Morgan fingerprint density at radius 2 is 1.33 bits per heavy atom. The van der Waals surface area contributed by atoms with Gasteiger partial charge in [0.25, 0.3) is 0 Å². The van der Waals surface area contributed by atoms with Crippen LogP contribution < -0.4 is 5.32 Å². The summed E-state index contributed by atoms with van der Waals surface area (Å²) in [6, 6.07) is 1.59. The third-order valence-corrected chi connectivity index (χ3v) is 5.25. The molecule has 1 nitrogen and oxygen atoms in total. The van der Waals surface area contributed by atoms with Gasteiger partial charge in [-0.05, 0) is 55.8 Å². The van der Waals surface area contributed by atoms with E-state index in [4.69, 9.17) is 0 Å². The topological polar surface area (TPSA) is 12.0 Å². The molecule has 0 radical (unpaired) electrons. The molecule has 0 saturated heterocycles. The van der Waals surface area contributed by atoms with Gasteiger partial charge in [0.2, 0.25) is 0 Å². The summed E-state index contributed by atoms with van der Waals surface area (Å²) in [5, 5.41) is 3.99. The molecule has 18 heavy (non-hydrogen) atoms. The number of hydrogen-bond donors (Lipinski definition) is 1. The van der Waals surface area contributed by atoms with Gasteiger partial charge in [-0.25, -0.2) is 0 Å². The van der Waals surface area contributed by atoms with Gasteiger partial charge >= 0.3 is 0 Å². The fraction of sp³-hybridized carbons (Fsp3) is 1.00. The van der Waals surface area contributed by atoms with Gasteiger partial charge in [0, 0.05) is 12.1 Å². The number of rotatable bonds is 2. The largest absolute Gasteiger partial charge is 0.311 e. The first kappa shape index (κ1) is 14.4. The average molecular weight is 251 g/mol. The summed E-state index contributed by atoms with van der Waals surface area (Å²) in [5.74, 6) is 0. The highest BCUT2D eigenvalue weighted by Crippen LogP contribution is 2.37. The zero-order chi connectivity index (χ0) is 13.2. The van der Waals surface area contributed by atoms with Crippen LogP contribution in [0.1, 0.15) is 85.5 Å². The highest BCUT2D eigenvalue weighted by molar-refractivity contribution is 4.87. The van der Waals surface area contributed by atoms with Crippen LogP contribution in [0.2, 0.25) is 0 Å². The van der Waals surface area contributed by atoms with E-state index in [0.717, 1.165) is 12.1 Å². The Bertz CT molecular complexity index is 267. The Hall–Kier alpha value is -0.0400. The molecular weight excluding hydrogens is 218 g/mol. The van der Waals surface area contributed by atoms with Crippen LogP contribution in [0.5, 0.6) is 0 Å². The van der Waals surface area contributed by atoms with E-state index in [2.05, 4.69) is 33.0 Å². The van der Waals surface area contributed by atoms with Crippen molar-refractivity contribution in [3.63, 3.8) is 0 Å². The van der Waals surface area contributed by atoms with Crippen LogP contribution >= 0.6 is 0 Å². The molecule has 2 unspecified atom stereocenters. The smallest absolute Gasteiger partial charge is 0.00747 e. The van der Waals surface area contributed by atoms with Crippen molar-refractivity contribution >= 4 is 0 Å². The standard InChI is InChI=1S/C17H33N/c1-16(2)10-5-7-14(9-12-16)18-15-8-6-11-17(3,4)13-15/h14-15,18H,5-13H2,1-4H3. The molecule has 0 bridgehead atoms. The Morgan fingerprint density at radius 1 is 0.722 bits per heavy atom. The van der Waals surface area contributed by atoms with Gasteiger partial charge in [-0.1, -0.05) is 40.5 Å². The molecule has 2 atom stereocenters. The van der Waals surface area contributed by atoms with Gasteiger partial charge in [-0.2, -0.15) is 0 Å². The summed E-state index contributed by atoms with van der Waals surface area (Å²) in [6.45, 7) is 9.77. The molecule has 2 saturated carbocycles. The molecule has 0 aromatic carbocycles. The van der Waals surface area contributed by atoms with E-state index in [1.54, 1.807) is 0 Å². The van der Waals surface area contributed by atoms with Crippen molar-refractivity contribution < 1.29 is 0 Å². The predicted molar refractivity (Wildman–Crippen MR) is 79.8 cm³/mol. The fourth-order valence-corrected chi connectivity index (χ4v) is 4.00. The second-order valence-electron chi connectivity index (χ2n) is 8.42. The molecule has 2 aliphatic rings. The second kappa shape index (κ2) is 5.53. The quantitative estimate of drug-likeness (QED) is 0.688. The van der Waals surface area contributed by atoms with E-state index in [1.165, 1.54) is 57.8 Å². The van der Waals surface area contributed by atoms with Gasteiger partial charge in [0.05, 0.1) is 0 Å². The summed E-state index contributed by atoms with van der Waals surface area (Å²) in [5.41, 5.74) is 1.15. The first-order chi connectivity index (χ1) is 8.36. The summed E-state index contributed by atoms with van der Waals surface area (Å²) in [4.78, 5) is 0. The van der Waals surface area contributed by atoms with Crippen LogP contribution in [-0.2, 0) is 0 Å². The maximum atomic E-state index is 3.99. The maximum Gasteiger partial charge on any atom is 0.00747 e. The second-order valence-corrected chi connectivity index (χ2v) is 8.42. The van der Waals surface area contributed by atoms with Crippen LogP contribution in [-0.4, -0.2) is 12.1 Å². The number of nitrogens with one attached hydrogen (secondary N) is 1. The van der Waals surface area contributed by atoms with Gasteiger partial charge in [0.1, 0.15) is 0 Å². The van der Waals surface area contributed by atoms with Crippen molar-refractivity contribution in [3.05, 3.63) is 0 Å². The first-order valence-corrected chi connectivity index (χ1v) is 8.12. The van der Waals surface area contributed by atoms with Crippen molar-refractivity contribution in [1.29, 1.82) is 0 Å². The molecule has 0 heterocycles. The van der Waals surface area contributed by atoms with Crippen LogP contribution in [0.15, 0.2) is 0 Å². The molecule has 0 aromatic heterocycles. The lowest BCUT2D eigenvalue weighted by molar-refractivity contribution is 0.185. The lowest BCUT2D eigenvalue weighted by Gasteiger charge is -2.37. The first-order valence-electron chi connectivity index (χ1n) is 8.12. The zero-order valence-electron chi connectivity index (χ0n) is 13.0. The van der Waals surface area contributed by atoms with Crippen molar-refractivity contribution in [2.45, 2.75) is 97.6 Å². The van der Waals surface area contributed by atoms with E-state index in [1.807, 2.05) is 0 Å². The van der Waals surface area contributed by atoms with Crippen LogP contribution in [0.25, 0.3) is 0 Å². The van der Waals surface area contributed by atoms with E-state index in [0.29, 0.717) is 10.8 Å². The highest BCUT2D eigenvalue weighted by atomic mass is 15.0. The third-order valence-electron chi connectivity index (χ3n) is 5.25. The number of hydrogen-bond acceptors (Lipinski definition) is 1. The van der Waals surface area contributed by atoms with Crippen molar-refractivity contribution in [2.75, 3.05) is 0 Å². The van der Waals surface area contributed by atoms with Gasteiger partial charge in [0.15, 0.2) is 0 Å². The highest BCUT2D eigenvalue weighted by Gasteiger charge is 2.30. The minimum atomic E-state index is 0.569. The Morgan fingerprint density at radius 3 is 2.00 bits per heavy atom. The molecule has 0 spiro atoms. The van der Waals surface area contributed by atoms with E-state index in [9.17, 15) is 0 Å². The lowest BCUT2D eigenvalue weighted by Crippen LogP contribution is -2.42. The van der Waals surface area contributed by atoms with Gasteiger partial charge in [-0.15, -0.1) is 0 Å². The lowest BCUT2D eigenvalue weighted by atomic mass is 9.75. The average Bonchev–Trinajstić information content (AvgIpc) is 2.39. The Kier molecular flexibility index (Phi) is 4.41. The van der Waals surface area contributed by atoms with Crippen molar-refractivity contribution in [3.8, 4) is 0 Å². The molecule has 106 valence electrons. The summed E-state index contributed by atoms with van der Waals surface area (Å²) >= 11 is 0. The molecule has 0 aromatic rings. The van der Waals surface area contributed by atoms with Gasteiger partial charge in [-0.3, -0.25) is 0 Å². The SMILES string of the molecule is CC1(C)CCCC(NC2CCCC(C)(C)C2)CC1. The van der Waals surface area contributed by atoms with Crippen molar-refractivity contribution in [2.24, 2.45) is 10.8 Å². The van der Waals surface area contributed by atoms with E-state index in [-0.39, 0.29) is 0 Å². The van der Waals surface area contributed by atoms with Crippen molar-refractivity contribution in [1.82, 2.24) is 5.32 Å². The van der Waals surface area contributed by atoms with E-state index < -0.39 is 0 Å². The predicted octanol–water partition coefficient (Wildman–Crippen LogP) is 4.90. The van der Waals surface area contributed by atoms with Crippen LogP contribution in [0.4, 0.5) is 0 Å². The third kappa shape index (κ3) is 4.26. The van der Waals surface area contributed by atoms with E-state index >= 15 is 0 Å². The molecule has 2 fully saturated rings. The maximum absolute atomic E-state index is 3.99. The minimum absolute atomic E-state index is 0.569. The molecular formula is C17H33N. The zero-order valence-corrected chi connectivity index (χ0v) is 13.0. The summed E-state index contributed by atoms with van der Waals surface area (Å²) < 4.78 is 0. The normalized spacial score (nSPS) is 36.0. The summed E-state index contributed by atoms with van der Waals surface area (Å²) in [6.07, 6.45) is 12.7. The van der Waals surface area contributed by atoms with Gasteiger partial charge < -0.3 is 5.32 Å². The molecule has 0 aliphatic heterocycles. The van der Waals surface area contributed by atoms with Crippen LogP contribution in [0, 0.1) is 10.8 Å². The molecule has 2 aliphatic carbocycles. The molecule has 1 N–H and O–H groups in total. The summed E-state index contributed by atoms with van der Waals surface area (Å²) in [7, 11) is 0.